The van der Waals surface area contributed by atoms with E-state index < -0.39 is 11.7 Å². The average molecular weight is 299 g/mol. The Morgan fingerprint density at radius 3 is 2.55 bits per heavy atom. The van der Waals surface area contributed by atoms with Crippen LogP contribution in [0.15, 0.2) is 36.7 Å². The topological polar surface area (TPSA) is 61.0 Å². The molecule has 0 saturated heterocycles. The number of hydrogen-bond acceptors (Lipinski definition) is 4. The highest BCUT2D eigenvalue weighted by Crippen LogP contribution is 2.32. The molecular formula is C12H8F3N3OS. The standard InChI is InChI=1S/C12H8F3N3OS/c13-12(14,15)7-2-1-3-8(6-7)19-11-9(10(16)20)17-4-5-18-11/h1-6H,(H2,16,20). The predicted octanol–water partition coefficient (Wildman–Crippen LogP) is 2.92. The number of halogens is 3. The quantitative estimate of drug-likeness (QED) is 0.883. The Bertz CT molecular complexity index is 646. The van der Waals surface area contributed by atoms with E-state index in [1.807, 2.05) is 0 Å². The Kier molecular flexibility index (Phi) is 3.84. The highest BCUT2D eigenvalue weighted by molar-refractivity contribution is 7.80. The van der Waals surface area contributed by atoms with Gasteiger partial charge in [-0.1, -0.05) is 18.3 Å². The van der Waals surface area contributed by atoms with Crippen LogP contribution < -0.4 is 10.5 Å². The van der Waals surface area contributed by atoms with Crippen molar-refractivity contribution in [3.8, 4) is 11.6 Å². The fraction of sp³-hybridized carbons (Fsp3) is 0.0833. The molecule has 0 saturated carbocycles. The van der Waals surface area contributed by atoms with Gasteiger partial charge in [-0.3, -0.25) is 0 Å². The van der Waals surface area contributed by atoms with Crippen molar-refractivity contribution >= 4 is 17.2 Å². The molecule has 0 atom stereocenters. The summed E-state index contributed by atoms with van der Waals surface area (Å²) in [5, 5.41) is 0. The molecule has 0 amide bonds. The molecule has 8 heteroatoms. The van der Waals surface area contributed by atoms with Gasteiger partial charge in [0, 0.05) is 12.4 Å². The second-order valence-electron chi connectivity index (χ2n) is 3.70. The van der Waals surface area contributed by atoms with Crippen molar-refractivity contribution in [1.82, 2.24) is 9.97 Å². The minimum Gasteiger partial charge on any atom is -0.437 e. The summed E-state index contributed by atoms with van der Waals surface area (Å²) >= 11 is 4.77. The van der Waals surface area contributed by atoms with Crippen molar-refractivity contribution in [1.29, 1.82) is 0 Å². The molecule has 0 aliphatic rings. The van der Waals surface area contributed by atoms with Crippen LogP contribution in [0.2, 0.25) is 0 Å². The van der Waals surface area contributed by atoms with E-state index in [4.69, 9.17) is 22.7 Å². The van der Waals surface area contributed by atoms with Gasteiger partial charge in [-0.15, -0.1) is 0 Å². The summed E-state index contributed by atoms with van der Waals surface area (Å²) in [6.45, 7) is 0. The SMILES string of the molecule is NC(=S)c1nccnc1Oc1cccc(C(F)(F)F)c1. The molecule has 0 unspecified atom stereocenters. The number of benzene rings is 1. The molecule has 0 aliphatic heterocycles. The largest absolute Gasteiger partial charge is 0.437 e. The third-order valence-corrected chi connectivity index (χ3v) is 2.47. The molecule has 2 N–H and O–H groups in total. The molecule has 1 aromatic heterocycles. The van der Waals surface area contributed by atoms with Gasteiger partial charge in [0.1, 0.15) is 10.7 Å². The monoisotopic (exact) mass is 299 g/mol. The molecule has 2 aromatic rings. The van der Waals surface area contributed by atoms with E-state index in [1.165, 1.54) is 24.5 Å². The Morgan fingerprint density at radius 1 is 1.20 bits per heavy atom. The predicted molar refractivity (Wildman–Crippen MR) is 69.4 cm³/mol. The zero-order valence-electron chi connectivity index (χ0n) is 9.89. The highest BCUT2D eigenvalue weighted by atomic mass is 32.1. The second-order valence-corrected chi connectivity index (χ2v) is 4.14. The average Bonchev–Trinajstić information content (AvgIpc) is 2.38. The zero-order valence-corrected chi connectivity index (χ0v) is 10.7. The second kappa shape index (κ2) is 5.41. The molecule has 20 heavy (non-hydrogen) atoms. The molecule has 0 bridgehead atoms. The van der Waals surface area contributed by atoms with Crippen LogP contribution in [0.3, 0.4) is 0 Å². The van der Waals surface area contributed by atoms with Crippen LogP contribution in [0, 0.1) is 0 Å². The summed E-state index contributed by atoms with van der Waals surface area (Å²) in [4.78, 5) is 7.67. The summed E-state index contributed by atoms with van der Waals surface area (Å²) in [7, 11) is 0. The first-order valence-electron chi connectivity index (χ1n) is 5.34. The molecule has 0 radical (unpaired) electrons. The van der Waals surface area contributed by atoms with Crippen molar-refractivity contribution in [3.63, 3.8) is 0 Å². The lowest BCUT2D eigenvalue weighted by molar-refractivity contribution is -0.137. The van der Waals surface area contributed by atoms with Gasteiger partial charge >= 0.3 is 6.18 Å². The third-order valence-electron chi connectivity index (χ3n) is 2.27. The third kappa shape index (κ3) is 3.21. The van der Waals surface area contributed by atoms with E-state index in [0.717, 1.165) is 12.1 Å². The number of aromatic nitrogens is 2. The summed E-state index contributed by atoms with van der Waals surface area (Å²) < 4.78 is 43.0. The zero-order chi connectivity index (χ0) is 14.8. The van der Waals surface area contributed by atoms with Gasteiger partial charge in [0.15, 0.2) is 5.69 Å². The number of nitrogens with zero attached hydrogens (tertiary/aromatic N) is 2. The molecule has 0 fully saturated rings. The lowest BCUT2D eigenvalue weighted by Crippen LogP contribution is -2.13. The maximum atomic E-state index is 12.6. The molecule has 1 heterocycles. The molecule has 2 rings (SSSR count). The van der Waals surface area contributed by atoms with Gasteiger partial charge < -0.3 is 10.5 Å². The number of thiocarbonyl (C=S) groups is 1. The minimum absolute atomic E-state index is 0.0298. The summed E-state index contributed by atoms with van der Waals surface area (Å²) in [5.41, 5.74) is 4.72. The van der Waals surface area contributed by atoms with Gasteiger partial charge in [-0.25, -0.2) is 9.97 Å². The number of alkyl halides is 3. The van der Waals surface area contributed by atoms with Crippen LogP contribution >= 0.6 is 12.2 Å². The number of rotatable bonds is 3. The van der Waals surface area contributed by atoms with E-state index in [2.05, 4.69) is 9.97 Å². The minimum atomic E-state index is -4.45. The number of ether oxygens (including phenoxy) is 1. The van der Waals surface area contributed by atoms with Crippen molar-refractivity contribution < 1.29 is 17.9 Å². The van der Waals surface area contributed by atoms with Crippen molar-refractivity contribution in [3.05, 3.63) is 47.9 Å². The first-order valence-corrected chi connectivity index (χ1v) is 5.74. The van der Waals surface area contributed by atoms with E-state index in [1.54, 1.807) is 0 Å². The van der Waals surface area contributed by atoms with E-state index in [-0.39, 0.29) is 22.3 Å². The normalized spacial score (nSPS) is 11.2. The van der Waals surface area contributed by atoms with E-state index in [0.29, 0.717) is 0 Å². The van der Waals surface area contributed by atoms with Crippen LogP contribution in [0.5, 0.6) is 11.6 Å². The molecule has 0 spiro atoms. The van der Waals surface area contributed by atoms with E-state index >= 15 is 0 Å². The van der Waals surface area contributed by atoms with Crippen LogP contribution in [0.4, 0.5) is 13.2 Å². The Labute approximate surface area is 117 Å². The Balaban J connectivity index is 2.34. The van der Waals surface area contributed by atoms with Gasteiger partial charge in [-0.2, -0.15) is 13.2 Å². The van der Waals surface area contributed by atoms with Crippen LogP contribution in [0.1, 0.15) is 11.3 Å². The van der Waals surface area contributed by atoms with Crippen molar-refractivity contribution in [2.75, 3.05) is 0 Å². The highest BCUT2D eigenvalue weighted by Gasteiger charge is 2.30. The van der Waals surface area contributed by atoms with Gasteiger partial charge in [0.25, 0.3) is 0 Å². The summed E-state index contributed by atoms with van der Waals surface area (Å²) in [5.74, 6) is -0.0721. The van der Waals surface area contributed by atoms with Gasteiger partial charge in [0.05, 0.1) is 5.56 Å². The lowest BCUT2D eigenvalue weighted by Gasteiger charge is -2.10. The molecule has 104 valence electrons. The van der Waals surface area contributed by atoms with Gasteiger partial charge in [-0.05, 0) is 18.2 Å². The Morgan fingerprint density at radius 2 is 1.90 bits per heavy atom. The van der Waals surface area contributed by atoms with Crippen LogP contribution in [0.25, 0.3) is 0 Å². The summed E-state index contributed by atoms with van der Waals surface area (Å²) in [6.07, 6.45) is -1.77. The molecule has 0 aliphatic carbocycles. The van der Waals surface area contributed by atoms with Crippen molar-refractivity contribution in [2.24, 2.45) is 5.73 Å². The van der Waals surface area contributed by atoms with Crippen LogP contribution in [-0.2, 0) is 6.18 Å². The number of hydrogen-bond donors (Lipinski definition) is 1. The molecular weight excluding hydrogens is 291 g/mol. The van der Waals surface area contributed by atoms with Crippen LogP contribution in [-0.4, -0.2) is 15.0 Å². The fourth-order valence-corrected chi connectivity index (χ4v) is 1.56. The molecule has 4 nitrogen and oxygen atoms in total. The number of nitrogens with two attached hydrogens (primary N) is 1. The summed E-state index contributed by atoms with van der Waals surface area (Å²) in [6, 6.07) is 4.40. The first kappa shape index (κ1) is 14.2. The molecule has 1 aromatic carbocycles. The Hall–Kier alpha value is -2.22. The van der Waals surface area contributed by atoms with E-state index in [9.17, 15) is 13.2 Å². The lowest BCUT2D eigenvalue weighted by atomic mass is 10.2. The fourth-order valence-electron chi connectivity index (χ4n) is 1.42. The van der Waals surface area contributed by atoms with Crippen molar-refractivity contribution in [2.45, 2.75) is 6.18 Å². The smallest absolute Gasteiger partial charge is 0.416 e. The maximum Gasteiger partial charge on any atom is 0.416 e. The first-order chi connectivity index (χ1) is 9.38. The van der Waals surface area contributed by atoms with Gasteiger partial charge in [0.2, 0.25) is 5.88 Å². The maximum absolute atomic E-state index is 12.6.